The van der Waals surface area contributed by atoms with Gasteiger partial charge in [0.05, 0.1) is 7.85 Å². The third-order valence-electron chi connectivity index (χ3n) is 10.7. The maximum Gasteiger partial charge on any atom is 0.272 e. The monoisotopic (exact) mass is 519 g/mol. The van der Waals surface area contributed by atoms with Gasteiger partial charge in [-0.1, -0.05) is 52.6 Å². The van der Waals surface area contributed by atoms with Gasteiger partial charge in [0.25, 0.3) is 5.92 Å². The van der Waals surface area contributed by atoms with E-state index in [9.17, 15) is 0 Å². The van der Waals surface area contributed by atoms with Crippen molar-refractivity contribution in [2.24, 2.45) is 51.6 Å². The van der Waals surface area contributed by atoms with E-state index in [0.717, 1.165) is 31.3 Å². The average molecular weight is 519 g/mol. The molecule has 2 N–H and O–H groups in total. The van der Waals surface area contributed by atoms with Crippen molar-refractivity contribution in [1.82, 2.24) is 0 Å². The summed E-state index contributed by atoms with van der Waals surface area (Å²) >= 11 is 0. The Hall–Kier alpha value is 0.469. The molecule has 0 aliphatic heterocycles. The largest absolute Gasteiger partial charge is 0.327 e. The Bertz CT molecular complexity index is 726. The molecule has 0 aromatic rings. The van der Waals surface area contributed by atoms with E-state index in [1.54, 1.807) is 0 Å². The number of alkyl halides is 2. The van der Waals surface area contributed by atoms with Crippen molar-refractivity contribution in [1.29, 1.82) is 0 Å². The molecule has 4 aliphatic carbocycles. The molecule has 0 aromatic heterocycles. The fourth-order valence-corrected chi connectivity index (χ4v) is 9.09. The Labute approximate surface area is 222 Å². The molecule has 5 heteroatoms. The van der Waals surface area contributed by atoms with Crippen LogP contribution in [0.5, 0.6) is 0 Å². The molecule has 4 saturated carbocycles. The zero-order valence-electron chi connectivity index (χ0n) is 21.0. The Kier molecular flexibility index (Phi) is 8.83. The molecule has 177 valence electrons. The van der Waals surface area contributed by atoms with E-state index in [1.807, 2.05) is 0 Å². The van der Waals surface area contributed by atoms with Crippen molar-refractivity contribution in [3.05, 3.63) is 30.7 Å². The van der Waals surface area contributed by atoms with Gasteiger partial charge in [-0.05, 0) is 72.2 Å². The Balaban J connectivity index is 0.00000118. The van der Waals surface area contributed by atoms with Gasteiger partial charge < -0.3 is 12.2 Å². The van der Waals surface area contributed by atoms with Crippen LogP contribution in [-0.2, 0) is 32.7 Å². The van der Waals surface area contributed by atoms with Gasteiger partial charge in [0.2, 0.25) is 0 Å². The molecule has 1 nitrogen and oxygen atoms in total. The minimum atomic E-state index is -2.71. The first-order valence-electron chi connectivity index (χ1n) is 12.3. The van der Waals surface area contributed by atoms with Crippen LogP contribution >= 0.6 is 0 Å². The quantitative estimate of drug-likeness (QED) is 0.243. The van der Waals surface area contributed by atoms with Gasteiger partial charge in [-0.3, -0.25) is 0 Å². The molecule has 8 unspecified atom stereocenters. The van der Waals surface area contributed by atoms with E-state index in [4.69, 9.17) is 5.73 Å². The fraction of sp³-hybridized carbons (Fsp3) is 0.815. The first-order chi connectivity index (χ1) is 14.5. The molecule has 0 saturated heterocycles. The van der Waals surface area contributed by atoms with Gasteiger partial charge >= 0.3 is 0 Å². The minimum absolute atomic E-state index is 0. The van der Waals surface area contributed by atoms with E-state index in [-0.39, 0.29) is 54.5 Å². The molecular formula is C27H43BF2NY-. The van der Waals surface area contributed by atoms with Crippen molar-refractivity contribution in [2.45, 2.75) is 85.4 Å². The van der Waals surface area contributed by atoms with E-state index in [2.05, 4.69) is 55.1 Å². The van der Waals surface area contributed by atoms with Crippen molar-refractivity contribution >= 4 is 7.85 Å². The summed E-state index contributed by atoms with van der Waals surface area (Å²) in [5.41, 5.74) is 7.31. The molecule has 0 aromatic carbocycles. The van der Waals surface area contributed by atoms with Gasteiger partial charge in [0.1, 0.15) is 0 Å². The summed E-state index contributed by atoms with van der Waals surface area (Å²) in [5.74, 6) is -1.42. The average Bonchev–Trinajstić information content (AvgIpc) is 3.07. The number of rotatable bonds is 3. The maximum absolute atomic E-state index is 15.3. The second kappa shape index (κ2) is 9.85. The number of halogens is 2. The molecule has 0 bridgehead atoms. The molecule has 32 heavy (non-hydrogen) atoms. The predicted molar refractivity (Wildman–Crippen MR) is 128 cm³/mol. The topological polar surface area (TPSA) is 26.0 Å². The van der Waals surface area contributed by atoms with Crippen LogP contribution in [0.15, 0.2) is 24.3 Å². The summed E-state index contributed by atoms with van der Waals surface area (Å²) in [7, 11) is 4.50. The van der Waals surface area contributed by atoms with Gasteiger partial charge in [-0.25, -0.2) is 8.78 Å². The Morgan fingerprint density at radius 3 is 2.31 bits per heavy atom. The van der Waals surface area contributed by atoms with Crippen LogP contribution < -0.4 is 5.73 Å². The van der Waals surface area contributed by atoms with E-state index < -0.39 is 11.8 Å². The molecule has 4 rings (SSSR count). The molecule has 0 spiro atoms. The molecule has 0 amide bonds. The SMILES string of the molecule is C=C1CCC2(C)C3CCC4(C)C(CCC4([CH-]C)C(=C)CN)C3C(C)CC2C1(F)F.[B]C.[Y]. The Morgan fingerprint density at radius 1 is 1.16 bits per heavy atom. The minimum Gasteiger partial charge on any atom is -0.327 e. The van der Waals surface area contributed by atoms with E-state index in [1.165, 1.54) is 13.2 Å². The zero-order chi connectivity index (χ0) is 23.4. The van der Waals surface area contributed by atoms with Crippen molar-refractivity contribution in [3.63, 3.8) is 0 Å². The Morgan fingerprint density at radius 2 is 1.75 bits per heavy atom. The van der Waals surface area contributed by atoms with Crippen LogP contribution in [0.1, 0.15) is 72.6 Å². The van der Waals surface area contributed by atoms with Crippen LogP contribution in [0, 0.1) is 52.3 Å². The molecule has 8 atom stereocenters. The summed E-state index contributed by atoms with van der Waals surface area (Å²) in [6.07, 6.45) is 8.82. The van der Waals surface area contributed by atoms with Crippen LogP contribution in [0.3, 0.4) is 0 Å². The van der Waals surface area contributed by atoms with Crippen LogP contribution in [-0.4, -0.2) is 20.3 Å². The second-order valence-corrected chi connectivity index (χ2v) is 11.4. The number of hydrogen-bond acceptors (Lipinski definition) is 1. The van der Waals surface area contributed by atoms with Crippen molar-refractivity contribution in [2.75, 3.05) is 6.54 Å². The maximum atomic E-state index is 15.3. The van der Waals surface area contributed by atoms with Crippen LogP contribution in [0.2, 0.25) is 6.82 Å². The van der Waals surface area contributed by atoms with E-state index >= 15 is 8.78 Å². The molecular weight excluding hydrogens is 476 g/mol. The molecule has 4 aliphatic rings. The molecule has 4 fully saturated rings. The number of hydrogen-bond donors (Lipinski definition) is 1. The van der Waals surface area contributed by atoms with Crippen LogP contribution in [0.4, 0.5) is 8.78 Å². The smallest absolute Gasteiger partial charge is 0.272 e. The normalized spacial score (nSPS) is 46.5. The van der Waals surface area contributed by atoms with Gasteiger partial charge in [-0.2, -0.15) is 6.92 Å². The first-order valence-corrected chi connectivity index (χ1v) is 12.3. The molecule has 3 radical (unpaired) electrons. The van der Waals surface area contributed by atoms with Gasteiger partial charge in [0, 0.05) is 45.2 Å². The summed E-state index contributed by atoms with van der Waals surface area (Å²) in [6.45, 7) is 19.3. The number of nitrogens with two attached hydrogens (primary N) is 1. The number of fused-ring (bicyclic) bond motifs is 5. The third-order valence-corrected chi connectivity index (χ3v) is 10.7. The summed E-state index contributed by atoms with van der Waals surface area (Å²) < 4.78 is 30.5. The van der Waals surface area contributed by atoms with E-state index in [0.29, 0.717) is 43.1 Å². The van der Waals surface area contributed by atoms with Crippen molar-refractivity contribution in [3.8, 4) is 0 Å². The standard InChI is InChI=1S/C26H40F2N.CH3B.Y/c1-7-25(18(4)15-29)13-10-20-22-16(2)14-21-23(5,11-8-17(3)26(21,27)28)19(22)9-12-24(20,25)6;1-2;/h7,16,19-22H,3-4,8-15,29H2,1-2,5-6H3;1H3;/q-1;;. The fourth-order valence-electron chi connectivity index (χ4n) is 9.09. The summed E-state index contributed by atoms with van der Waals surface area (Å²) in [5, 5.41) is 0. The zero-order valence-corrected chi connectivity index (χ0v) is 23.9. The molecule has 0 heterocycles. The van der Waals surface area contributed by atoms with Gasteiger partial charge in [-0.15, -0.1) is 12.0 Å². The number of allylic oxidation sites excluding steroid dienone is 1. The second-order valence-electron chi connectivity index (χ2n) is 11.4. The first kappa shape index (κ1) is 28.7. The van der Waals surface area contributed by atoms with Gasteiger partial charge in [0.15, 0.2) is 0 Å². The van der Waals surface area contributed by atoms with Crippen LogP contribution in [0.25, 0.3) is 0 Å². The predicted octanol–water partition coefficient (Wildman–Crippen LogP) is 7.00. The summed E-state index contributed by atoms with van der Waals surface area (Å²) in [4.78, 5) is 0. The third kappa shape index (κ3) is 3.71. The van der Waals surface area contributed by atoms with Crippen molar-refractivity contribution < 1.29 is 41.5 Å². The summed E-state index contributed by atoms with van der Waals surface area (Å²) in [6, 6.07) is 0.